The summed E-state index contributed by atoms with van der Waals surface area (Å²) in [5.41, 5.74) is 0. The van der Waals surface area contributed by atoms with Crippen LogP contribution in [0.15, 0.2) is 48.6 Å². The molecule has 6 unspecified atom stereocenters. The molecule has 1 aliphatic rings. The van der Waals surface area contributed by atoms with Gasteiger partial charge in [0.05, 0.1) is 6.61 Å². The van der Waals surface area contributed by atoms with E-state index in [-0.39, 0.29) is 25.9 Å². The van der Waals surface area contributed by atoms with Gasteiger partial charge in [0.2, 0.25) is 0 Å². The maximum Gasteiger partial charge on any atom is 0.335 e. The number of aliphatic hydroxyl groups is 2. The Morgan fingerprint density at radius 2 is 0.887 bits per heavy atom. The van der Waals surface area contributed by atoms with Crippen LogP contribution in [0.2, 0.25) is 0 Å². The van der Waals surface area contributed by atoms with Gasteiger partial charge in [-0.05, 0) is 44.9 Å². The van der Waals surface area contributed by atoms with Crippen LogP contribution in [-0.2, 0) is 42.9 Å². The summed E-state index contributed by atoms with van der Waals surface area (Å²) in [7, 11) is 0. The molecule has 0 radical (unpaired) electrons. The Balaban J connectivity index is 2.73. The molecule has 0 saturated carbocycles. The molecule has 0 aromatic rings. The van der Waals surface area contributed by atoms with Gasteiger partial charge in [-0.15, -0.1) is 0 Å². The molecule has 3 N–H and O–H groups in total. The highest BCUT2D eigenvalue weighted by Gasteiger charge is 2.50. The summed E-state index contributed by atoms with van der Waals surface area (Å²) in [6, 6.07) is 0. The lowest BCUT2D eigenvalue weighted by Gasteiger charge is -2.40. The van der Waals surface area contributed by atoms with Crippen molar-refractivity contribution in [3.05, 3.63) is 48.6 Å². The zero-order valence-electron chi connectivity index (χ0n) is 45.0. The Morgan fingerprint density at radius 1 is 0.479 bits per heavy atom. The van der Waals surface area contributed by atoms with Gasteiger partial charge >= 0.3 is 23.9 Å². The van der Waals surface area contributed by atoms with Crippen molar-refractivity contribution in [1.82, 2.24) is 0 Å². The second kappa shape index (κ2) is 47.7. The van der Waals surface area contributed by atoms with E-state index in [9.17, 15) is 34.5 Å². The molecule has 6 atom stereocenters. The van der Waals surface area contributed by atoms with Gasteiger partial charge in [-0.2, -0.15) is 0 Å². The summed E-state index contributed by atoms with van der Waals surface area (Å²) >= 11 is 0. The maximum absolute atomic E-state index is 13.1. The van der Waals surface area contributed by atoms with Crippen LogP contribution in [0, 0.1) is 0 Å². The summed E-state index contributed by atoms with van der Waals surface area (Å²) in [4.78, 5) is 50.9. The Hall–Kier alpha value is -3.32. The van der Waals surface area contributed by atoms with Gasteiger partial charge in [-0.25, -0.2) is 4.79 Å². The van der Waals surface area contributed by atoms with Crippen molar-refractivity contribution in [2.24, 2.45) is 0 Å². The second-order valence-electron chi connectivity index (χ2n) is 19.6. The summed E-state index contributed by atoms with van der Waals surface area (Å²) in [5, 5.41) is 31.4. The lowest BCUT2D eigenvalue weighted by molar-refractivity contribution is -0.301. The molecule has 0 spiro atoms. The Bertz CT molecular complexity index is 1420. The number of carbonyl (C=O) groups excluding carboxylic acids is 3. The van der Waals surface area contributed by atoms with Crippen LogP contribution in [-0.4, -0.2) is 89.2 Å². The zero-order chi connectivity index (χ0) is 51.8. The molecule has 1 saturated heterocycles. The second-order valence-corrected chi connectivity index (χ2v) is 19.6. The van der Waals surface area contributed by atoms with Crippen LogP contribution in [0.5, 0.6) is 0 Å². The molecule has 0 aliphatic carbocycles. The Labute approximate surface area is 431 Å². The molecule has 0 aromatic heterocycles. The number of esters is 3. The number of aliphatic hydroxyl groups excluding tert-OH is 2. The summed E-state index contributed by atoms with van der Waals surface area (Å²) < 4.78 is 28.3. The van der Waals surface area contributed by atoms with E-state index in [0.717, 1.165) is 70.6 Å². The van der Waals surface area contributed by atoms with Gasteiger partial charge in [0, 0.05) is 19.3 Å². The van der Waals surface area contributed by atoms with Crippen molar-refractivity contribution in [2.75, 3.05) is 13.2 Å². The molecule has 410 valence electrons. The molecule has 0 amide bonds. The largest absolute Gasteiger partial charge is 0.479 e. The monoisotopic (exact) mass is 1000 g/mol. The SMILES string of the molecule is CC/C=C\C/C=C\C/C=C\C/C=C\CCC(=O)OCC(COC1OC(C(=O)O)C(O)C(O)C1OC(=O)CCCCCCCCCCCCCCCCC)OC(=O)CCCCCCCCCCCCCCC. The van der Waals surface area contributed by atoms with E-state index >= 15 is 0 Å². The molecule has 71 heavy (non-hydrogen) atoms. The minimum Gasteiger partial charge on any atom is -0.479 e. The highest BCUT2D eigenvalue weighted by Crippen LogP contribution is 2.26. The highest BCUT2D eigenvalue weighted by atomic mass is 16.7. The number of allylic oxidation sites excluding steroid dienone is 8. The standard InChI is InChI=1S/C59H102O12/c1-4-7-10-13-16-19-22-25-26-29-32-35-38-41-44-47-53(62)70-57-55(64)54(63)56(58(65)66)71-59(57)68-49-50(69-52(61)46-43-40-37-34-31-28-24-21-18-15-12-9-6-3)48-67-51(60)45-42-39-36-33-30-27-23-20-17-14-11-8-5-2/h8,11,17,20,27,30,36,39,50,54-57,59,63-64H,4-7,9-10,12-16,18-19,21-26,28-29,31-35,37-38,40-49H2,1-3H3,(H,65,66)/b11-8-,20-17-,30-27-,39-36-. The summed E-state index contributed by atoms with van der Waals surface area (Å²) in [6.07, 6.45) is 43.9. The fourth-order valence-electron chi connectivity index (χ4n) is 8.56. The normalized spacial score (nSPS) is 18.8. The number of rotatable bonds is 48. The predicted molar refractivity (Wildman–Crippen MR) is 285 cm³/mol. The molecule has 0 aromatic carbocycles. The van der Waals surface area contributed by atoms with Crippen LogP contribution in [0.1, 0.15) is 252 Å². The predicted octanol–water partition coefficient (Wildman–Crippen LogP) is 14.2. The van der Waals surface area contributed by atoms with Crippen molar-refractivity contribution < 1.29 is 58.2 Å². The number of hydrogen-bond donors (Lipinski definition) is 3. The molecule has 12 nitrogen and oxygen atoms in total. The van der Waals surface area contributed by atoms with Gasteiger partial charge < -0.3 is 39.0 Å². The number of carboxylic acids is 1. The smallest absolute Gasteiger partial charge is 0.335 e. The molecular weight excluding hydrogens is 901 g/mol. The van der Waals surface area contributed by atoms with Crippen molar-refractivity contribution in [1.29, 1.82) is 0 Å². The topological polar surface area (TPSA) is 175 Å². The summed E-state index contributed by atoms with van der Waals surface area (Å²) in [5.74, 6) is -3.21. The van der Waals surface area contributed by atoms with E-state index in [1.54, 1.807) is 0 Å². The van der Waals surface area contributed by atoms with Crippen molar-refractivity contribution in [3.63, 3.8) is 0 Å². The number of unbranched alkanes of at least 4 members (excludes halogenated alkanes) is 26. The van der Waals surface area contributed by atoms with Gasteiger partial charge in [0.25, 0.3) is 0 Å². The van der Waals surface area contributed by atoms with Gasteiger partial charge in [-0.3, -0.25) is 14.4 Å². The van der Waals surface area contributed by atoms with E-state index < -0.39 is 67.3 Å². The Morgan fingerprint density at radius 3 is 1.32 bits per heavy atom. The number of carboxylic acid groups (broad SMARTS) is 1. The van der Waals surface area contributed by atoms with Gasteiger partial charge in [0.1, 0.15) is 18.8 Å². The lowest BCUT2D eigenvalue weighted by atomic mass is 9.98. The van der Waals surface area contributed by atoms with E-state index in [1.807, 2.05) is 12.2 Å². The highest BCUT2D eigenvalue weighted by molar-refractivity contribution is 5.74. The molecule has 1 fully saturated rings. The molecule has 12 heteroatoms. The average Bonchev–Trinajstić information content (AvgIpc) is 3.35. The lowest BCUT2D eigenvalue weighted by Crippen LogP contribution is -2.61. The third-order valence-corrected chi connectivity index (χ3v) is 12.9. The molecule has 1 heterocycles. The maximum atomic E-state index is 13.1. The van der Waals surface area contributed by atoms with Crippen molar-refractivity contribution >= 4 is 23.9 Å². The third kappa shape index (κ3) is 38.0. The van der Waals surface area contributed by atoms with E-state index in [2.05, 4.69) is 57.2 Å². The fourth-order valence-corrected chi connectivity index (χ4v) is 8.56. The number of carbonyl (C=O) groups is 4. The minimum atomic E-state index is -1.91. The Kier molecular flexibility index (Phi) is 44.1. The van der Waals surface area contributed by atoms with Gasteiger partial charge in [0.15, 0.2) is 24.6 Å². The number of hydrogen-bond acceptors (Lipinski definition) is 11. The number of aliphatic carboxylic acids is 1. The van der Waals surface area contributed by atoms with Gasteiger partial charge in [-0.1, -0.05) is 236 Å². The first-order chi connectivity index (χ1) is 34.6. The molecule has 1 rings (SSSR count). The van der Waals surface area contributed by atoms with Crippen molar-refractivity contribution in [2.45, 2.75) is 289 Å². The quantitative estimate of drug-likeness (QED) is 0.0228. The first-order valence-corrected chi connectivity index (χ1v) is 28.6. The van der Waals surface area contributed by atoms with Crippen LogP contribution < -0.4 is 0 Å². The van der Waals surface area contributed by atoms with Crippen LogP contribution in [0.4, 0.5) is 0 Å². The zero-order valence-corrected chi connectivity index (χ0v) is 45.0. The van der Waals surface area contributed by atoms with Crippen LogP contribution in [0.3, 0.4) is 0 Å². The van der Waals surface area contributed by atoms with Crippen LogP contribution >= 0.6 is 0 Å². The average molecular weight is 1000 g/mol. The molecular formula is C59H102O12. The molecule has 1 aliphatic heterocycles. The van der Waals surface area contributed by atoms with E-state index in [0.29, 0.717) is 19.3 Å². The molecule has 0 bridgehead atoms. The first kappa shape index (κ1) is 65.7. The van der Waals surface area contributed by atoms with E-state index in [4.69, 9.17) is 23.7 Å². The summed E-state index contributed by atoms with van der Waals surface area (Å²) in [6.45, 7) is 5.82. The fraction of sp³-hybridized carbons (Fsp3) is 0.797. The van der Waals surface area contributed by atoms with Crippen molar-refractivity contribution in [3.8, 4) is 0 Å². The minimum absolute atomic E-state index is 0.0585. The number of ether oxygens (including phenoxy) is 5. The van der Waals surface area contributed by atoms with E-state index in [1.165, 1.54) is 122 Å². The first-order valence-electron chi connectivity index (χ1n) is 28.6. The van der Waals surface area contributed by atoms with Crippen LogP contribution in [0.25, 0.3) is 0 Å². The third-order valence-electron chi connectivity index (χ3n) is 12.9.